The summed E-state index contributed by atoms with van der Waals surface area (Å²) in [5.41, 5.74) is 0.776. The molecule has 0 amide bonds. The molecule has 0 bridgehead atoms. The van der Waals surface area contributed by atoms with Gasteiger partial charge < -0.3 is 10.1 Å². The second kappa shape index (κ2) is 4.40. The number of phenols is 1. The molecule has 0 aliphatic heterocycles. The summed E-state index contributed by atoms with van der Waals surface area (Å²) in [6, 6.07) is 11.7. The molecule has 3 rings (SSSR count). The van der Waals surface area contributed by atoms with E-state index in [4.69, 9.17) is 11.6 Å². The standard InChI is InChI=1S/C14H9ClN2O2/c15-8-5-6-10(12(18)7-8)13-16-11-4-2-1-3-9(11)14(19)17-13/h1-7,18H,(H,16,17,19). The van der Waals surface area contributed by atoms with E-state index in [0.717, 1.165) is 0 Å². The van der Waals surface area contributed by atoms with Gasteiger partial charge in [0.25, 0.3) is 5.56 Å². The van der Waals surface area contributed by atoms with Crippen molar-refractivity contribution >= 4 is 22.5 Å². The molecule has 94 valence electrons. The molecule has 19 heavy (non-hydrogen) atoms. The zero-order chi connectivity index (χ0) is 13.4. The van der Waals surface area contributed by atoms with Crippen LogP contribution in [0, 0.1) is 0 Å². The van der Waals surface area contributed by atoms with Crippen molar-refractivity contribution in [2.45, 2.75) is 0 Å². The van der Waals surface area contributed by atoms with E-state index in [1.165, 1.54) is 6.07 Å². The van der Waals surface area contributed by atoms with Crippen molar-refractivity contribution in [2.75, 3.05) is 0 Å². The van der Waals surface area contributed by atoms with Gasteiger partial charge in [-0.25, -0.2) is 4.98 Å². The van der Waals surface area contributed by atoms with Gasteiger partial charge in [0, 0.05) is 5.02 Å². The smallest absolute Gasteiger partial charge is 0.259 e. The number of para-hydroxylation sites is 1. The third-order valence-corrected chi connectivity index (χ3v) is 3.06. The lowest BCUT2D eigenvalue weighted by atomic mass is 10.1. The van der Waals surface area contributed by atoms with Crippen molar-refractivity contribution < 1.29 is 5.11 Å². The molecule has 0 fully saturated rings. The van der Waals surface area contributed by atoms with Gasteiger partial charge in [0.05, 0.1) is 16.5 Å². The number of nitrogens with one attached hydrogen (secondary N) is 1. The van der Waals surface area contributed by atoms with Gasteiger partial charge >= 0.3 is 0 Å². The fourth-order valence-corrected chi connectivity index (χ4v) is 2.09. The lowest BCUT2D eigenvalue weighted by molar-refractivity contribution is 0.477. The molecular weight excluding hydrogens is 264 g/mol. The number of aromatic nitrogens is 2. The van der Waals surface area contributed by atoms with Crippen molar-refractivity contribution in [3.63, 3.8) is 0 Å². The van der Waals surface area contributed by atoms with Crippen molar-refractivity contribution in [2.24, 2.45) is 0 Å². The maximum Gasteiger partial charge on any atom is 0.259 e. The summed E-state index contributed by atoms with van der Waals surface area (Å²) in [6.45, 7) is 0. The van der Waals surface area contributed by atoms with E-state index in [-0.39, 0.29) is 11.3 Å². The molecular formula is C14H9ClN2O2. The van der Waals surface area contributed by atoms with Gasteiger partial charge in [0.15, 0.2) is 0 Å². The first kappa shape index (κ1) is 11.7. The van der Waals surface area contributed by atoms with Crippen LogP contribution in [0.1, 0.15) is 0 Å². The van der Waals surface area contributed by atoms with Crippen LogP contribution in [0.2, 0.25) is 5.02 Å². The highest BCUT2D eigenvalue weighted by Crippen LogP contribution is 2.29. The summed E-state index contributed by atoms with van der Waals surface area (Å²) < 4.78 is 0. The highest BCUT2D eigenvalue weighted by Gasteiger charge is 2.09. The van der Waals surface area contributed by atoms with Gasteiger partial charge in [0.1, 0.15) is 11.6 Å². The Morgan fingerprint density at radius 3 is 2.74 bits per heavy atom. The Kier molecular flexibility index (Phi) is 2.72. The van der Waals surface area contributed by atoms with E-state index in [0.29, 0.717) is 27.3 Å². The minimum atomic E-state index is -0.241. The number of aromatic hydroxyl groups is 1. The maximum atomic E-state index is 11.9. The summed E-state index contributed by atoms with van der Waals surface area (Å²) in [4.78, 5) is 18.9. The van der Waals surface area contributed by atoms with Crippen LogP contribution in [-0.4, -0.2) is 15.1 Å². The molecule has 0 aliphatic carbocycles. The normalized spacial score (nSPS) is 10.8. The van der Waals surface area contributed by atoms with Crippen molar-refractivity contribution in [3.8, 4) is 17.1 Å². The number of hydrogen-bond donors (Lipinski definition) is 2. The number of phenolic OH excluding ortho intramolecular Hbond substituents is 1. The summed E-state index contributed by atoms with van der Waals surface area (Å²) in [5.74, 6) is 0.295. The second-order valence-corrected chi connectivity index (χ2v) is 4.53. The molecule has 5 heteroatoms. The van der Waals surface area contributed by atoms with E-state index in [9.17, 15) is 9.90 Å². The molecule has 4 nitrogen and oxygen atoms in total. The van der Waals surface area contributed by atoms with Gasteiger partial charge in [-0.15, -0.1) is 0 Å². The van der Waals surface area contributed by atoms with Crippen LogP contribution in [0.3, 0.4) is 0 Å². The van der Waals surface area contributed by atoms with Crippen molar-refractivity contribution in [1.29, 1.82) is 0 Å². The number of nitrogens with zero attached hydrogens (tertiary/aromatic N) is 1. The molecule has 0 atom stereocenters. The molecule has 3 aromatic rings. The zero-order valence-electron chi connectivity index (χ0n) is 9.72. The van der Waals surface area contributed by atoms with Crippen LogP contribution >= 0.6 is 11.6 Å². The number of fused-ring (bicyclic) bond motifs is 1. The highest BCUT2D eigenvalue weighted by atomic mass is 35.5. The van der Waals surface area contributed by atoms with Crippen LogP contribution in [0.5, 0.6) is 5.75 Å². The fourth-order valence-electron chi connectivity index (χ4n) is 1.92. The molecule has 0 spiro atoms. The third-order valence-electron chi connectivity index (χ3n) is 2.83. The minimum Gasteiger partial charge on any atom is -0.507 e. The number of H-pyrrole nitrogens is 1. The van der Waals surface area contributed by atoms with Crippen LogP contribution in [-0.2, 0) is 0 Å². The Balaban J connectivity index is 2.28. The number of rotatable bonds is 1. The van der Waals surface area contributed by atoms with E-state index >= 15 is 0 Å². The summed E-state index contributed by atoms with van der Waals surface area (Å²) in [5, 5.41) is 10.8. The van der Waals surface area contributed by atoms with Gasteiger partial charge in [-0.2, -0.15) is 0 Å². The van der Waals surface area contributed by atoms with E-state index < -0.39 is 0 Å². The quantitative estimate of drug-likeness (QED) is 0.716. The molecule has 1 aromatic heterocycles. The topological polar surface area (TPSA) is 66.0 Å². The maximum absolute atomic E-state index is 11.9. The molecule has 0 unspecified atom stereocenters. The number of halogens is 1. The van der Waals surface area contributed by atoms with Crippen LogP contribution in [0.25, 0.3) is 22.3 Å². The predicted octanol–water partition coefficient (Wildman–Crippen LogP) is 2.95. The average molecular weight is 273 g/mol. The first-order valence-corrected chi connectivity index (χ1v) is 6.01. The lowest BCUT2D eigenvalue weighted by Gasteiger charge is -2.05. The first-order chi connectivity index (χ1) is 9.15. The van der Waals surface area contributed by atoms with Gasteiger partial charge in [-0.05, 0) is 30.3 Å². The first-order valence-electron chi connectivity index (χ1n) is 5.63. The Morgan fingerprint density at radius 2 is 1.95 bits per heavy atom. The number of benzene rings is 2. The van der Waals surface area contributed by atoms with E-state index in [1.807, 2.05) is 0 Å². The SMILES string of the molecule is O=c1[nH]c(-c2ccc(Cl)cc2O)nc2ccccc12. The largest absolute Gasteiger partial charge is 0.507 e. The van der Waals surface area contributed by atoms with Crippen LogP contribution in [0.15, 0.2) is 47.3 Å². The van der Waals surface area contributed by atoms with Gasteiger partial charge in [-0.3, -0.25) is 4.79 Å². The summed E-state index contributed by atoms with van der Waals surface area (Å²) >= 11 is 5.78. The van der Waals surface area contributed by atoms with Crippen molar-refractivity contribution in [1.82, 2.24) is 9.97 Å². The van der Waals surface area contributed by atoms with Crippen LogP contribution < -0.4 is 5.56 Å². The lowest BCUT2D eigenvalue weighted by Crippen LogP contribution is -2.09. The second-order valence-electron chi connectivity index (χ2n) is 4.09. The minimum absolute atomic E-state index is 0.0223. The third kappa shape index (κ3) is 2.06. The molecule has 1 heterocycles. The Morgan fingerprint density at radius 1 is 1.16 bits per heavy atom. The fraction of sp³-hybridized carbons (Fsp3) is 0. The van der Waals surface area contributed by atoms with Crippen molar-refractivity contribution in [3.05, 3.63) is 57.8 Å². The molecule has 0 radical (unpaired) electrons. The van der Waals surface area contributed by atoms with Gasteiger partial charge in [0.2, 0.25) is 0 Å². The number of hydrogen-bond acceptors (Lipinski definition) is 3. The Bertz CT molecular complexity index is 827. The average Bonchev–Trinajstić information content (AvgIpc) is 2.38. The predicted molar refractivity (Wildman–Crippen MR) is 74.5 cm³/mol. The van der Waals surface area contributed by atoms with E-state index in [1.54, 1.807) is 36.4 Å². The molecule has 2 N–H and O–H groups in total. The molecule has 0 saturated carbocycles. The highest BCUT2D eigenvalue weighted by molar-refractivity contribution is 6.30. The molecule has 2 aromatic carbocycles. The number of aromatic amines is 1. The summed E-state index contributed by atoms with van der Waals surface area (Å²) in [6.07, 6.45) is 0. The Hall–Kier alpha value is -2.33. The molecule has 0 saturated heterocycles. The van der Waals surface area contributed by atoms with E-state index in [2.05, 4.69) is 9.97 Å². The summed E-state index contributed by atoms with van der Waals surface area (Å²) in [7, 11) is 0. The molecule has 0 aliphatic rings. The van der Waals surface area contributed by atoms with Crippen LogP contribution in [0.4, 0.5) is 0 Å². The van der Waals surface area contributed by atoms with Gasteiger partial charge in [-0.1, -0.05) is 23.7 Å². The zero-order valence-corrected chi connectivity index (χ0v) is 10.5. The monoisotopic (exact) mass is 272 g/mol. The Labute approximate surface area is 113 Å².